The summed E-state index contributed by atoms with van der Waals surface area (Å²) in [7, 11) is 0. The molecule has 2 aromatic carbocycles. The molecule has 0 fully saturated rings. The van der Waals surface area contributed by atoms with Gasteiger partial charge < -0.3 is 9.51 Å². The molecule has 0 unspecified atom stereocenters. The van der Waals surface area contributed by atoms with Crippen molar-refractivity contribution in [3.8, 4) is 22.7 Å². The van der Waals surface area contributed by atoms with E-state index in [9.17, 15) is 8.78 Å². The van der Waals surface area contributed by atoms with Gasteiger partial charge in [-0.25, -0.2) is 13.8 Å². The van der Waals surface area contributed by atoms with Crippen LogP contribution in [0, 0.1) is 11.6 Å². The molecule has 0 amide bonds. The number of imidazole rings is 1. The summed E-state index contributed by atoms with van der Waals surface area (Å²) in [6, 6.07) is 10.7. The van der Waals surface area contributed by atoms with E-state index in [0.717, 1.165) is 5.69 Å². The molecule has 0 spiro atoms. The maximum absolute atomic E-state index is 14.0. The molecule has 2 heterocycles. The molecule has 0 aliphatic heterocycles. The van der Waals surface area contributed by atoms with Crippen molar-refractivity contribution in [2.75, 3.05) is 0 Å². The van der Waals surface area contributed by atoms with Crippen molar-refractivity contribution >= 4 is 11.0 Å². The lowest BCUT2D eigenvalue weighted by Crippen LogP contribution is -2.10. The van der Waals surface area contributed by atoms with Gasteiger partial charge in [0.15, 0.2) is 5.82 Å². The van der Waals surface area contributed by atoms with Gasteiger partial charge in [0, 0.05) is 11.5 Å². The van der Waals surface area contributed by atoms with Gasteiger partial charge >= 0.3 is 0 Å². The van der Waals surface area contributed by atoms with Crippen LogP contribution >= 0.6 is 0 Å². The van der Waals surface area contributed by atoms with E-state index in [-0.39, 0.29) is 11.0 Å². The van der Waals surface area contributed by atoms with Crippen molar-refractivity contribution in [1.29, 1.82) is 0 Å². The van der Waals surface area contributed by atoms with Crippen molar-refractivity contribution in [3.05, 3.63) is 59.8 Å². The van der Waals surface area contributed by atoms with E-state index < -0.39 is 11.6 Å². The summed E-state index contributed by atoms with van der Waals surface area (Å²) in [4.78, 5) is 7.62. The summed E-state index contributed by atoms with van der Waals surface area (Å²) in [5.74, 6) is -0.165. The average molecular weight is 353 g/mol. The first-order valence-electron chi connectivity index (χ1n) is 8.24. The van der Waals surface area contributed by atoms with Crippen molar-refractivity contribution in [2.45, 2.75) is 26.2 Å². The molecule has 4 nitrogen and oxygen atoms in total. The molecule has 0 atom stereocenters. The van der Waals surface area contributed by atoms with Crippen molar-refractivity contribution in [2.24, 2.45) is 0 Å². The molecule has 1 N–H and O–H groups in total. The molecule has 4 rings (SSSR count). The highest BCUT2D eigenvalue weighted by molar-refractivity contribution is 5.84. The number of fused-ring (bicyclic) bond motifs is 1. The fraction of sp³-hybridized carbons (Fsp3) is 0.200. The third-order valence-electron chi connectivity index (χ3n) is 4.25. The largest absolute Gasteiger partial charge is 0.353 e. The Morgan fingerprint density at radius 2 is 1.73 bits per heavy atom. The predicted molar refractivity (Wildman–Crippen MR) is 95.6 cm³/mol. The lowest BCUT2D eigenvalue weighted by molar-refractivity contribution is 0.401. The lowest BCUT2D eigenvalue weighted by Gasteiger charge is -2.12. The van der Waals surface area contributed by atoms with Crippen LogP contribution in [0.1, 0.15) is 26.5 Å². The van der Waals surface area contributed by atoms with E-state index in [2.05, 4.69) is 15.1 Å². The first kappa shape index (κ1) is 16.4. The van der Waals surface area contributed by atoms with Gasteiger partial charge in [-0.2, -0.15) is 0 Å². The summed E-state index contributed by atoms with van der Waals surface area (Å²) in [5.41, 5.74) is 2.41. The molecule has 0 saturated carbocycles. The minimum Gasteiger partial charge on any atom is -0.353 e. The Kier molecular flexibility index (Phi) is 3.64. The highest BCUT2D eigenvalue weighted by Crippen LogP contribution is 2.30. The van der Waals surface area contributed by atoms with Gasteiger partial charge in [0.1, 0.15) is 11.6 Å². The van der Waals surface area contributed by atoms with Crippen molar-refractivity contribution < 1.29 is 13.3 Å². The molecule has 0 aliphatic rings. The predicted octanol–water partition coefficient (Wildman–Crippen LogP) is 5.46. The maximum Gasteiger partial charge on any atom is 0.202 e. The Morgan fingerprint density at radius 1 is 1.00 bits per heavy atom. The Bertz CT molecular complexity index is 1090. The minimum absolute atomic E-state index is 0.0553. The topological polar surface area (TPSA) is 54.7 Å². The van der Waals surface area contributed by atoms with E-state index in [1.165, 1.54) is 18.2 Å². The van der Waals surface area contributed by atoms with Crippen LogP contribution in [-0.2, 0) is 5.41 Å². The molecule has 26 heavy (non-hydrogen) atoms. The molecule has 0 bridgehead atoms. The second-order valence-corrected chi connectivity index (χ2v) is 7.24. The van der Waals surface area contributed by atoms with Gasteiger partial charge in [0.25, 0.3) is 0 Å². The summed E-state index contributed by atoms with van der Waals surface area (Å²) in [6.45, 7) is 6.13. The maximum atomic E-state index is 14.0. The summed E-state index contributed by atoms with van der Waals surface area (Å²) >= 11 is 0. The summed E-state index contributed by atoms with van der Waals surface area (Å²) in [5, 5.41) is 4.09. The Hall–Kier alpha value is -3.02. The summed E-state index contributed by atoms with van der Waals surface area (Å²) in [6.07, 6.45) is 0. The van der Waals surface area contributed by atoms with E-state index in [0.29, 0.717) is 28.2 Å². The first-order chi connectivity index (χ1) is 12.3. The fourth-order valence-electron chi connectivity index (χ4n) is 2.80. The first-order valence-corrected chi connectivity index (χ1v) is 8.24. The van der Waals surface area contributed by atoms with Gasteiger partial charge in [-0.3, -0.25) is 0 Å². The van der Waals surface area contributed by atoms with Crippen LogP contribution in [0.2, 0.25) is 0 Å². The number of aromatic amines is 1. The van der Waals surface area contributed by atoms with Crippen molar-refractivity contribution in [1.82, 2.24) is 15.1 Å². The molecule has 132 valence electrons. The SMILES string of the molecule is CC(C)(C)c1cc(-c2nc3ccc(-c4c(F)cccc4F)cc3[nH]2)on1. The number of hydrogen-bond acceptors (Lipinski definition) is 3. The fourth-order valence-corrected chi connectivity index (χ4v) is 2.80. The second-order valence-electron chi connectivity index (χ2n) is 7.24. The molecule has 4 aromatic rings. The Morgan fingerprint density at radius 3 is 2.38 bits per heavy atom. The van der Waals surface area contributed by atoms with Crippen LogP contribution < -0.4 is 0 Å². The number of nitrogens with zero attached hydrogens (tertiary/aromatic N) is 2. The van der Waals surface area contributed by atoms with E-state index >= 15 is 0 Å². The molecule has 6 heteroatoms. The third-order valence-corrected chi connectivity index (χ3v) is 4.25. The number of aromatic nitrogens is 3. The smallest absolute Gasteiger partial charge is 0.202 e. The molecule has 0 radical (unpaired) electrons. The lowest BCUT2D eigenvalue weighted by atomic mass is 9.92. The Labute approximate surface area is 148 Å². The van der Waals surface area contributed by atoms with E-state index in [1.807, 2.05) is 26.8 Å². The number of hydrogen-bond donors (Lipinski definition) is 1. The van der Waals surface area contributed by atoms with Crippen molar-refractivity contribution in [3.63, 3.8) is 0 Å². The molecule has 2 aromatic heterocycles. The zero-order chi connectivity index (χ0) is 18.5. The van der Waals surface area contributed by atoms with Crippen LogP contribution in [-0.4, -0.2) is 15.1 Å². The molecule has 0 saturated heterocycles. The van der Waals surface area contributed by atoms with Gasteiger partial charge in [-0.1, -0.05) is 38.1 Å². The number of H-pyrrole nitrogens is 1. The highest BCUT2D eigenvalue weighted by atomic mass is 19.1. The minimum atomic E-state index is -0.603. The quantitative estimate of drug-likeness (QED) is 0.520. The highest BCUT2D eigenvalue weighted by Gasteiger charge is 2.21. The second kappa shape index (κ2) is 5.76. The van der Waals surface area contributed by atoms with Gasteiger partial charge in [-0.15, -0.1) is 0 Å². The number of halogens is 2. The number of rotatable bonds is 2. The van der Waals surface area contributed by atoms with Crippen LogP contribution in [0.25, 0.3) is 33.7 Å². The van der Waals surface area contributed by atoms with Gasteiger partial charge in [0.2, 0.25) is 5.76 Å². The molecular weight excluding hydrogens is 336 g/mol. The van der Waals surface area contributed by atoms with E-state index in [4.69, 9.17) is 4.52 Å². The van der Waals surface area contributed by atoms with Gasteiger partial charge in [0.05, 0.1) is 22.3 Å². The van der Waals surface area contributed by atoms with Crippen LogP contribution in [0.15, 0.2) is 47.0 Å². The van der Waals surface area contributed by atoms with Crippen LogP contribution in [0.3, 0.4) is 0 Å². The zero-order valence-electron chi connectivity index (χ0n) is 14.6. The Balaban J connectivity index is 1.78. The average Bonchev–Trinajstić information content (AvgIpc) is 3.20. The number of nitrogens with one attached hydrogen (secondary N) is 1. The number of benzene rings is 2. The van der Waals surface area contributed by atoms with Crippen LogP contribution in [0.5, 0.6) is 0 Å². The normalized spacial score (nSPS) is 12.0. The summed E-state index contributed by atoms with van der Waals surface area (Å²) < 4.78 is 33.5. The monoisotopic (exact) mass is 353 g/mol. The molecule has 0 aliphatic carbocycles. The standard InChI is InChI=1S/C20H17F2N3O/c1-20(2,3)17-10-16(26-25-17)19-23-14-8-7-11(9-15(14)24-19)18-12(21)5-4-6-13(18)22/h4-10H,1-3H3,(H,23,24). The zero-order valence-corrected chi connectivity index (χ0v) is 14.6. The third kappa shape index (κ3) is 2.77. The van der Waals surface area contributed by atoms with Gasteiger partial charge in [-0.05, 0) is 29.8 Å². The van der Waals surface area contributed by atoms with Crippen LogP contribution in [0.4, 0.5) is 8.78 Å². The van der Waals surface area contributed by atoms with E-state index in [1.54, 1.807) is 18.2 Å². The molecular formula is C20H17F2N3O.